The second-order valence-corrected chi connectivity index (χ2v) is 7.40. The fraction of sp³-hybridized carbons (Fsp3) is 0.643. The Morgan fingerprint density at radius 1 is 1.35 bits per heavy atom. The van der Waals surface area contributed by atoms with Crippen LogP contribution in [0.1, 0.15) is 32.1 Å². The Morgan fingerprint density at radius 2 is 2.05 bits per heavy atom. The van der Waals surface area contributed by atoms with Crippen molar-refractivity contribution in [2.45, 2.75) is 37.0 Å². The van der Waals surface area contributed by atoms with Crippen LogP contribution in [0.3, 0.4) is 0 Å². The summed E-state index contributed by atoms with van der Waals surface area (Å²) in [7, 11) is -0.127. The van der Waals surface area contributed by atoms with Crippen molar-refractivity contribution < 1.29 is 8.42 Å². The van der Waals surface area contributed by atoms with Crippen LogP contribution in [-0.2, 0) is 10.0 Å². The zero-order chi connectivity index (χ0) is 14.6. The first-order valence-electron chi connectivity index (χ1n) is 7.15. The Bertz CT molecular complexity index is 539. The van der Waals surface area contributed by atoms with Crippen LogP contribution in [0.25, 0.3) is 0 Å². The summed E-state index contributed by atoms with van der Waals surface area (Å²) in [5, 5.41) is 2.84. The van der Waals surface area contributed by atoms with Gasteiger partial charge in [-0.3, -0.25) is 0 Å². The summed E-state index contributed by atoms with van der Waals surface area (Å²) in [5.74, 6) is 0.890. The summed E-state index contributed by atoms with van der Waals surface area (Å²) < 4.78 is 26.7. The quantitative estimate of drug-likeness (QED) is 0.906. The molecule has 1 aromatic rings. The van der Waals surface area contributed by atoms with Crippen LogP contribution in [0.4, 0.5) is 5.82 Å². The number of sulfonamides is 1. The third-order valence-corrected chi connectivity index (χ3v) is 5.79. The lowest BCUT2D eigenvalue weighted by Crippen LogP contribution is -2.33. The molecule has 6 heteroatoms. The summed E-state index contributed by atoms with van der Waals surface area (Å²) in [6, 6.07) is 3.26. The predicted molar refractivity (Wildman–Crippen MR) is 80.2 cm³/mol. The monoisotopic (exact) mass is 297 g/mol. The number of pyridine rings is 1. The van der Waals surface area contributed by atoms with Crippen molar-refractivity contribution in [1.82, 2.24) is 9.29 Å². The standard InChI is InChI=1S/C14H23N3O2S/c1-15-14-13(9-6-10-16-14)20(18,19)17(2)11-12-7-4-3-5-8-12/h6,9-10,12H,3-5,7-8,11H2,1-2H3,(H,15,16). The molecule has 0 spiro atoms. The van der Waals surface area contributed by atoms with Crippen LogP contribution >= 0.6 is 0 Å². The topological polar surface area (TPSA) is 62.3 Å². The lowest BCUT2D eigenvalue weighted by atomic mass is 9.89. The lowest BCUT2D eigenvalue weighted by molar-refractivity contribution is 0.300. The third-order valence-electron chi connectivity index (χ3n) is 3.94. The van der Waals surface area contributed by atoms with Gasteiger partial charge in [-0.1, -0.05) is 19.3 Å². The first-order chi connectivity index (χ1) is 9.55. The highest BCUT2D eigenvalue weighted by molar-refractivity contribution is 7.89. The fourth-order valence-corrected chi connectivity index (χ4v) is 4.18. The van der Waals surface area contributed by atoms with E-state index in [9.17, 15) is 8.42 Å². The number of nitrogens with zero attached hydrogens (tertiary/aromatic N) is 2. The molecule has 20 heavy (non-hydrogen) atoms. The third kappa shape index (κ3) is 3.30. The highest BCUT2D eigenvalue weighted by Gasteiger charge is 2.27. The molecule has 0 aromatic carbocycles. The van der Waals surface area contributed by atoms with Gasteiger partial charge in [0.25, 0.3) is 0 Å². The summed E-state index contributed by atoms with van der Waals surface area (Å²) in [4.78, 5) is 4.33. The Hall–Kier alpha value is -1.14. The summed E-state index contributed by atoms with van der Waals surface area (Å²) >= 11 is 0. The number of anilines is 1. The van der Waals surface area contributed by atoms with Crippen molar-refractivity contribution in [1.29, 1.82) is 0 Å². The van der Waals surface area contributed by atoms with Gasteiger partial charge in [-0.2, -0.15) is 0 Å². The molecule has 1 fully saturated rings. The van der Waals surface area contributed by atoms with Crippen molar-refractivity contribution in [3.63, 3.8) is 0 Å². The van der Waals surface area contributed by atoms with Crippen LogP contribution < -0.4 is 5.32 Å². The normalized spacial score (nSPS) is 17.4. The second-order valence-electron chi connectivity index (χ2n) is 5.39. The van der Waals surface area contributed by atoms with Crippen LogP contribution in [0.2, 0.25) is 0 Å². The van der Waals surface area contributed by atoms with Crippen LogP contribution in [-0.4, -0.2) is 38.3 Å². The highest BCUT2D eigenvalue weighted by atomic mass is 32.2. The summed E-state index contributed by atoms with van der Waals surface area (Å²) in [6.07, 6.45) is 7.56. The maximum atomic E-state index is 12.6. The Labute approximate surface area is 121 Å². The molecule has 1 aromatic heterocycles. The van der Waals surface area contributed by atoms with Gasteiger partial charge in [-0.15, -0.1) is 0 Å². The summed E-state index contributed by atoms with van der Waals surface area (Å²) in [6.45, 7) is 0.598. The van der Waals surface area contributed by atoms with Gasteiger partial charge in [-0.05, 0) is 30.9 Å². The van der Waals surface area contributed by atoms with Crippen molar-refractivity contribution in [2.75, 3.05) is 26.0 Å². The van der Waals surface area contributed by atoms with E-state index >= 15 is 0 Å². The van der Waals surface area contributed by atoms with E-state index in [-0.39, 0.29) is 4.90 Å². The van der Waals surface area contributed by atoms with E-state index in [1.54, 1.807) is 32.4 Å². The van der Waals surface area contributed by atoms with Gasteiger partial charge in [-0.25, -0.2) is 17.7 Å². The maximum absolute atomic E-state index is 12.6. The summed E-state index contributed by atoms with van der Waals surface area (Å²) in [5.41, 5.74) is 0. The molecule has 1 N–H and O–H groups in total. The SMILES string of the molecule is CNc1ncccc1S(=O)(=O)N(C)CC1CCCCC1. The van der Waals surface area contributed by atoms with Crippen molar-refractivity contribution in [3.8, 4) is 0 Å². The zero-order valence-electron chi connectivity index (χ0n) is 12.2. The van der Waals surface area contributed by atoms with E-state index in [4.69, 9.17) is 0 Å². The number of hydrogen-bond donors (Lipinski definition) is 1. The van der Waals surface area contributed by atoms with Crippen molar-refractivity contribution in [2.24, 2.45) is 5.92 Å². The van der Waals surface area contributed by atoms with E-state index in [0.29, 0.717) is 18.3 Å². The van der Waals surface area contributed by atoms with E-state index in [0.717, 1.165) is 12.8 Å². The average Bonchev–Trinajstić information content (AvgIpc) is 2.48. The first-order valence-corrected chi connectivity index (χ1v) is 8.59. The number of rotatable bonds is 5. The van der Waals surface area contributed by atoms with Crippen molar-refractivity contribution >= 4 is 15.8 Å². The van der Waals surface area contributed by atoms with Gasteiger partial charge in [0.05, 0.1) is 0 Å². The number of hydrogen-bond acceptors (Lipinski definition) is 4. The fourth-order valence-electron chi connectivity index (χ4n) is 2.79. The smallest absolute Gasteiger partial charge is 0.246 e. The largest absolute Gasteiger partial charge is 0.372 e. The minimum atomic E-state index is -3.47. The van der Waals surface area contributed by atoms with Crippen molar-refractivity contribution in [3.05, 3.63) is 18.3 Å². The van der Waals surface area contributed by atoms with Crippen LogP contribution in [0.15, 0.2) is 23.2 Å². The predicted octanol–water partition coefficient (Wildman–Crippen LogP) is 2.32. The number of aromatic nitrogens is 1. The Kier molecular flexibility index (Phi) is 4.99. The molecular formula is C14H23N3O2S. The molecule has 0 amide bonds. The Morgan fingerprint density at radius 3 is 2.70 bits per heavy atom. The molecule has 1 saturated carbocycles. The van der Waals surface area contributed by atoms with Crippen LogP contribution in [0, 0.1) is 5.92 Å². The lowest BCUT2D eigenvalue weighted by Gasteiger charge is -2.26. The average molecular weight is 297 g/mol. The molecule has 0 aliphatic heterocycles. The molecule has 112 valence electrons. The molecule has 1 aliphatic carbocycles. The van der Waals surface area contributed by atoms with Crippen LogP contribution in [0.5, 0.6) is 0 Å². The minimum absolute atomic E-state index is 0.251. The molecule has 0 unspecified atom stereocenters. The van der Waals surface area contributed by atoms with Gasteiger partial charge in [0.2, 0.25) is 10.0 Å². The molecule has 1 heterocycles. The van der Waals surface area contributed by atoms with Gasteiger partial charge in [0.1, 0.15) is 10.7 Å². The number of nitrogens with one attached hydrogen (secondary N) is 1. The molecule has 0 atom stereocenters. The molecule has 0 saturated heterocycles. The highest BCUT2D eigenvalue weighted by Crippen LogP contribution is 2.27. The van der Waals surface area contributed by atoms with E-state index < -0.39 is 10.0 Å². The molecule has 0 radical (unpaired) electrons. The first kappa shape index (κ1) is 15.3. The Balaban J connectivity index is 2.16. The molecule has 1 aliphatic rings. The van der Waals surface area contributed by atoms with E-state index in [2.05, 4.69) is 10.3 Å². The van der Waals surface area contributed by atoms with Gasteiger partial charge < -0.3 is 5.32 Å². The molecule has 2 rings (SSSR count). The van der Waals surface area contributed by atoms with Gasteiger partial charge >= 0.3 is 0 Å². The molecule has 0 bridgehead atoms. The zero-order valence-corrected chi connectivity index (χ0v) is 13.0. The molecular weight excluding hydrogens is 274 g/mol. The minimum Gasteiger partial charge on any atom is -0.372 e. The van der Waals surface area contributed by atoms with Gasteiger partial charge in [0, 0.05) is 26.8 Å². The molecule has 5 nitrogen and oxygen atoms in total. The second kappa shape index (κ2) is 6.54. The van der Waals surface area contributed by atoms with E-state index in [1.807, 2.05) is 0 Å². The maximum Gasteiger partial charge on any atom is 0.246 e. The van der Waals surface area contributed by atoms with Gasteiger partial charge in [0.15, 0.2) is 0 Å². The van der Waals surface area contributed by atoms with E-state index in [1.165, 1.54) is 23.6 Å².